The molecule has 2 aromatic heterocycles. The third-order valence-corrected chi connectivity index (χ3v) is 4.94. The SMILES string of the molecule is Cc1nc(CN[C@@H]2CCC(=O)N[C@H]2c2cccc(F)c2)c2ccccn12. The summed E-state index contributed by atoms with van der Waals surface area (Å²) >= 11 is 0. The molecule has 0 unspecified atom stereocenters. The van der Waals surface area contributed by atoms with Crippen LogP contribution in [0.15, 0.2) is 48.7 Å². The Morgan fingerprint density at radius 2 is 2.19 bits per heavy atom. The van der Waals surface area contributed by atoms with Gasteiger partial charge in [0.25, 0.3) is 0 Å². The molecule has 1 saturated heterocycles. The fourth-order valence-corrected chi connectivity index (χ4v) is 3.66. The van der Waals surface area contributed by atoms with E-state index in [9.17, 15) is 9.18 Å². The largest absolute Gasteiger partial charge is 0.348 e. The molecular formula is C20H21FN4O. The number of aryl methyl sites for hydroxylation is 1. The number of rotatable bonds is 4. The third-order valence-electron chi connectivity index (χ3n) is 4.94. The van der Waals surface area contributed by atoms with Crippen molar-refractivity contribution in [2.45, 2.75) is 38.4 Å². The molecule has 3 aromatic rings. The highest BCUT2D eigenvalue weighted by Crippen LogP contribution is 2.25. The van der Waals surface area contributed by atoms with E-state index in [2.05, 4.69) is 20.0 Å². The number of carbonyl (C=O) groups excluding carboxylic acids is 1. The Hall–Kier alpha value is -2.73. The van der Waals surface area contributed by atoms with E-state index in [-0.39, 0.29) is 23.8 Å². The molecule has 1 aliphatic heterocycles. The van der Waals surface area contributed by atoms with Crippen LogP contribution in [0.4, 0.5) is 4.39 Å². The monoisotopic (exact) mass is 352 g/mol. The maximum atomic E-state index is 13.6. The first-order chi connectivity index (χ1) is 12.6. The topological polar surface area (TPSA) is 58.4 Å². The van der Waals surface area contributed by atoms with Crippen molar-refractivity contribution in [3.05, 3.63) is 71.6 Å². The number of nitrogens with zero attached hydrogens (tertiary/aromatic N) is 2. The number of aromatic nitrogens is 2. The Bertz CT molecular complexity index is 952. The molecule has 5 nitrogen and oxygen atoms in total. The summed E-state index contributed by atoms with van der Waals surface area (Å²) in [6.07, 6.45) is 3.17. The van der Waals surface area contributed by atoms with Gasteiger partial charge in [0.2, 0.25) is 5.91 Å². The van der Waals surface area contributed by atoms with E-state index in [4.69, 9.17) is 0 Å². The number of nitrogens with one attached hydrogen (secondary N) is 2. The lowest BCUT2D eigenvalue weighted by Gasteiger charge is -2.33. The highest BCUT2D eigenvalue weighted by atomic mass is 19.1. The molecule has 1 aromatic carbocycles. The summed E-state index contributed by atoms with van der Waals surface area (Å²) in [6, 6.07) is 12.2. The summed E-state index contributed by atoms with van der Waals surface area (Å²) < 4.78 is 15.7. The van der Waals surface area contributed by atoms with E-state index >= 15 is 0 Å². The highest BCUT2D eigenvalue weighted by molar-refractivity contribution is 5.77. The van der Waals surface area contributed by atoms with Crippen molar-refractivity contribution in [3.8, 4) is 0 Å². The summed E-state index contributed by atoms with van der Waals surface area (Å²) in [5.74, 6) is 0.647. The van der Waals surface area contributed by atoms with E-state index in [0.717, 1.165) is 22.6 Å². The number of hydrogen-bond donors (Lipinski definition) is 2. The quantitative estimate of drug-likeness (QED) is 0.759. The van der Waals surface area contributed by atoms with Gasteiger partial charge in [-0.25, -0.2) is 9.37 Å². The van der Waals surface area contributed by atoms with Gasteiger partial charge in [-0.05, 0) is 43.2 Å². The molecule has 0 spiro atoms. The minimum atomic E-state index is -0.295. The molecule has 6 heteroatoms. The number of benzene rings is 1. The molecule has 1 amide bonds. The highest BCUT2D eigenvalue weighted by Gasteiger charge is 2.30. The van der Waals surface area contributed by atoms with Gasteiger partial charge in [-0.1, -0.05) is 18.2 Å². The van der Waals surface area contributed by atoms with Crippen LogP contribution < -0.4 is 10.6 Å². The molecule has 0 saturated carbocycles. The average Bonchev–Trinajstić information content (AvgIpc) is 2.97. The minimum Gasteiger partial charge on any atom is -0.348 e. The van der Waals surface area contributed by atoms with Crippen LogP contribution in [0.2, 0.25) is 0 Å². The first kappa shape index (κ1) is 16.7. The summed E-state index contributed by atoms with van der Waals surface area (Å²) in [5.41, 5.74) is 2.82. The molecule has 0 radical (unpaired) electrons. The molecule has 1 fully saturated rings. The predicted molar refractivity (Wildman–Crippen MR) is 97.1 cm³/mol. The second-order valence-electron chi connectivity index (χ2n) is 6.69. The number of imidazole rings is 1. The van der Waals surface area contributed by atoms with Crippen molar-refractivity contribution >= 4 is 11.4 Å². The Kier molecular flexibility index (Phi) is 4.42. The Morgan fingerprint density at radius 1 is 1.31 bits per heavy atom. The molecule has 2 N–H and O–H groups in total. The number of pyridine rings is 1. The fraction of sp³-hybridized carbons (Fsp3) is 0.300. The maximum absolute atomic E-state index is 13.6. The maximum Gasteiger partial charge on any atom is 0.220 e. The van der Waals surface area contributed by atoms with Crippen LogP contribution in [0.3, 0.4) is 0 Å². The van der Waals surface area contributed by atoms with Crippen LogP contribution in [0, 0.1) is 12.7 Å². The van der Waals surface area contributed by atoms with Crippen molar-refractivity contribution in [2.24, 2.45) is 0 Å². The van der Waals surface area contributed by atoms with E-state index in [1.54, 1.807) is 6.07 Å². The number of carbonyl (C=O) groups is 1. The first-order valence-electron chi connectivity index (χ1n) is 8.82. The smallest absolute Gasteiger partial charge is 0.220 e. The van der Waals surface area contributed by atoms with E-state index in [0.29, 0.717) is 19.4 Å². The molecule has 134 valence electrons. The average molecular weight is 352 g/mol. The number of halogens is 1. The molecule has 1 aliphatic rings. The van der Waals surface area contributed by atoms with Crippen LogP contribution in [-0.2, 0) is 11.3 Å². The van der Waals surface area contributed by atoms with Gasteiger partial charge in [-0.15, -0.1) is 0 Å². The van der Waals surface area contributed by atoms with Gasteiger partial charge < -0.3 is 15.0 Å². The lowest BCUT2D eigenvalue weighted by atomic mass is 9.92. The first-order valence-corrected chi connectivity index (χ1v) is 8.82. The number of fused-ring (bicyclic) bond motifs is 1. The van der Waals surface area contributed by atoms with Gasteiger partial charge in [0.05, 0.1) is 17.3 Å². The lowest BCUT2D eigenvalue weighted by Crippen LogP contribution is -2.48. The molecule has 26 heavy (non-hydrogen) atoms. The van der Waals surface area contributed by atoms with Crippen molar-refractivity contribution in [1.29, 1.82) is 0 Å². The van der Waals surface area contributed by atoms with Crippen LogP contribution >= 0.6 is 0 Å². The van der Waals surface area contributed by atoms with Crippen molar-refractivity contribution in [3.63, 3.8) is 0 Å². The Balaban J connectivity index is 1.56. The summed E-state index contributed by atoms with van der Waals surface area (Å²) in [5, 5.41) is 6.51. The van der Waals surface area contributed by atoms with Gasteiger partial charge in [0.15, 0.2) is 0 Å². The molecule has 3 heterocycles. The van der Waals surface area contributed by atoms with Crippen molar-refractivity contribution < 1.29 is 9.18 Å². The summed E-state index contributed by atoms with van der Waals surface area (Å²) in [4.78, 5) is 16.5. The zero-order chi connectivity index (χ0) is 18.1. The van der Waals surface area contributed by atoms with E-state index in [1.807, 2.05) is 37.4 Å². The molecule has 4 rings (SSSR count). The number of hydrogen-bond acceptors (Lipinski definition) is 3. The molecule has 2 atom stereocenters. The molecule has 0 bridgehead atoms. The standard InChI is InChI=1S/C20H21FN4O/c1-13-23-17(18-7-2-3-10-25(13)18)12-22-16-8-9-19(26)24-20(16)14-5-4-6-15(21)11-14/h2-7,10-11,16,20,22H,8-9,12H2,1H3,(H,24,26)/t16-,20+/m1/s1. The zero-order valence-electron chi connectivity index (χ0n) is 14.6. The minimum absolute atomic E-state index is 0.000553. The van der Waals surface area contributed by atoms with Gasteiger partial charge in [-0.3, -0.25) is 4.79 Å². The molecule has 0 aliphatic carbocycles. The summed E-state index contributed by atoms with van der Waals surface area (Å²) in [7, 11) is 0. The van der Waals surface area contributed by atoms with E-state index < -0.39 is 0 Å². The van der Waals surface area contributed by atoms with Crippen LogP contribution in [0.25, 0.3) is 5.52 Å². The summed E-state index contributed by atoms with van der Waals surface area (Å²) in [6.45, 7) is 2.57. The van der Waals surface area contributed by atoms with Gasteiger partial charge in [0, 0.05) is 25.2 Å². The van der Waals surface area contributed by atoms with Gasteiger partial charge >= 0.3 is 0 Å². The zero-order valence-corrected chi connectivity index (χ0v) is 14.6. The van der Waals surface area contributed by atoms with Gasteiger partial charge in [0.1, 0.15) is 11.6 Å². The second-order valence-corrected chi connectivity index (χ2v) is 6.69. The Morgan fingerprint density at radius 3 is 3.04 bits per heavy atom. The normalized spacial score (nSPS) is 20.3. The second kappa shape index (κ2) is 6.88. The van der Waals surface area contributed by atoms with Crippen LogP contribution in [-0.4, -0.2) is 21.3 Å². The number of amides is 1. The lowest BCUT2D eigenvalue weighted by molar-refractivity contribution is -0.123. The van der Waals surface area contributed by atoms with E-state index in [1.165, 1.54) is 12.1 Å². The fourth-order valence-electron chi connectivity index (χ4n) is 3.66. The third kappa shape index (κ3) is 3.20. The number of piperidine rings is 1. The predicted octanol–water partition coefficient (Wildman–Crippen LogP) is 2.89. The van der Waals surface area contributed by atoms with Crippen LogP contribution in [0.5, 0.6) is 0 Å². The Labute approximate surface area is 151 Å². The van der Waals surface area contributed by atoms with Gasteiger partial charge in [-0.2, -0.15) is 0 Å². The molecular weight excluding hydrogens is 331 g/mol. The van der Waals surface area contributed by atoms with Crippen molar-refractivity contribution in [1.82, 2.24) is 20.0 Å². The van der Waals surface area contributed by atoms with Crippen LogP contribution in [0.1, 0.15) is 36.0 Å². The van der Waals surface area contributed by atoms with Crippen molar-refractivity contribution in [2.75, 3.05) is 0 Å².